The molecular formula is C20H21ClN4O. The van der Waals surface area contributed by atoms with Crippen LogP contribution < -0.4 is 10.6 Å². The third-order valence-corrected chi connectivity index (χ3v) is 4.72. The number of halogens is 1. The van der Waals surface area contributed by atoms with E-state index in [9.17, 15) is 10.1 Å². The number of allylic oxidation sites excluding steroid dienone is 2. The van der Waals surface area contributed by atoms with Crippen molar-refractivity contribution in [3.8, 4) is 6.07 Å². The van der Waals surface area contributed by atoms with Crippen molar-refractivity contribution in [3.05, 3.63) is 52.3 Å². The summed E-state index contributed by atoms with van der Waals surface area (Å²) < 4.78 is 1.99. The Hall–Kier alpha value is -2.71. The van der Waals surface area contributed by atoms with E-state index in [1.54, 1.807) is 6.07 Å². The van der Waals surface area contributed by atoms with Gasteiger partial charge in [0.2, 0.25) is 5.91 Å². The third kappa shape index (κ3) is 3.47. The molecule has 2 heterocycles. The number of aryl methyl sites for hydroxylation is 1. The van der Waals surface area contributed by atoms with Crippen molar-refractivity contribution in [2.75, 3.05) is 13.1 Å². The van der Waals surface area contributed by atoms with Gasteiger partial charge in [-0.15, -0.1) is 0 Å². The number of nitriles is 1. The van der Waals surface area contributed by atoms with Gasteiger partial charge in [-0.1, -0.05) is 18.5 Å². The number of nitrogens with one attached hydrogen (secondary N) is 2. The monoisotopic (exact) mass is 368 g/mol. The zero-order valence-corrected chi connectivity index (χ0v) is 15.7. The number of aromatic nitrogens is 1. The quantitative estimate of drug-likeness (QED) is 0.848. The van der Waals surface area contributed by atoms with Gasteiger partial charge < -0.3 is 15.2 Å². The standard InChI is InChI=1S/C20H21ClN4O/c1-3-4-19(26)24-11-13-7-14(12-23-10-13)20-17(9-22)16-6-5-15(21)8-18(16)25(20)2/h5-8,12,23H,3-4,10-11H2,1-2H3,(H,24,26). The zero-order chi connectivity index (χ0) is 18.7. The molecule has 1 aromatic heterocycles. The van der Waals surface area contributed by atoms with E-state index in [2.05, 4.69) is 16.7 Å². The first-order valence-electron chi connectivity index (χ1n) is 8.63. The van der Waals surface area contributed by atoms with Crippen molar-refractivity contribution in [1.29, 1.82) is 5.26 Å². The van der Waals surface area contributed by atoms with E-state index in [-0.39, 0.29) is 5.91 Å². The van der Waals surface area contributed by atoms with Crippen molar-refractivity contribution in [2.24, 2.45) is 7.05 Å². The maximum Gasteiger partial charge on any atom is 0.220 e. The van der Waals surface area contributed by atoms with Crippen LogP contribution in [-0.4, -0.2) is 23.6 Å². The number of rotatable bonds is 5. The van der Waals surface area contributed by atoms with Gasteiger partial charge in [-0.2, -0.15) is 5.26 Å². The lowest BCUT2D eigenvalue weighted by Gasteiger charge is -2.17. The lowest BCUT2D eigenvalue weighted by Crippen LogP contribution is -2.29. The molecule has 0 spiro atoms. The molecule has 0 saturated heterocycles. The van der Waals surface area contributed by atoms with Crippen molar-refractivity contribution >= 4 is 34.0 Å². The van der Waals surface area contributed by atoms with Crippen LogP contribution >= 0.6 is 11.6 Å². The van der Waals surface area contributed by atoms with Gasteiger partial charge in [-0.25, -0.2) is 0 Å². The van der Waals surface area contributed by atoms with Crippen molar-refractivity contribution in [2.45, 2.75) is 19.8 Å². The van der Waals surface area contributed by atoms with Gasteiger partial charge in [-0.05, 0) is 36.3 Å². The fraction of sp³-hybridized carbons (Fsp3) is 0.300. The van der Waals surface area contributed by atoms with Gasteiger partial charge in [0, 0.05) is 48.7 Å². The maximum absolute atomic E-state index is 11.7. The van der Waals surface area contributed by atoms with Gasteiger partial charge in [0.1, 0.15) is 6.07 Å². The van der Waals surface area contributed by atoms with Crippen LogP contribution in [0.2, 0.25) is 5.02 Å². The highest BCUT2D eigenvalue weighted by Gasteiger charge is 2.19. The second-order valence-electron chi connectivity index (χ2n) is 6.37. The second-order valence-corrected chi connectivity index (χ2v) is 6.80. The summed E-state index contributed by atoms with van der Waals surface area (Å²) in [4.78, 5) is 11.7. The fourth-order valence-electron chi connectivity index (χ4n) is 3.24. The summed E-state index contributed by atoms with van der Waals surface area (Å²) in [5, 5.41) is 17.4. The predicted molar refractivity (Wildman–Crippen MR) is 105 cm³/mol. The molecule has 0 aliphatic carbocycles. The zero-order valence-electron chi connectivity index (χ0n) is 14.9. The minimum absolute atomic E-state index is 0.0569. The molecule has 0 radical (unpaired) electrons. The first-order valence-corrected chi connectivity index (χ1v) is 9.01. The Morgan fingerprint density at radius 1 is 1.46 bits per heavy atom. The molecule has 0 saturated carbocycles. The summed E-state index contributed by atoms with van der Waals surface area (Å²) in [6.07, 6.45) is 5.32. The number of carbonyl (C=O) groups excluding carboxylic acids is 1. The summed E-state index contributed by atoms with van der Waals surface area (Å²) in [7, 11) is 1.93. The molecule has 0 atom stereocenters. The van der Waals surface area contributed by atoms with Crippen molar-refractivity contribution in [1.82, 2.24) is 15.2 Å². The average molecular weight is 369 g/mol. The number of hydrogen-bond acceptors (Lipinski definition) is 3. The number of dihydropyridines is 1. The third-order valence-electron chi connectivity index (χ3n) is 4.48. The molecule has 1 aliphatic rings. The number of benzene rings is 1. The molecule has 1 aliphatic heterocycles. The van der Waals surface area contributed by atoms with Gasteiger partial charge >= 0.3 is 0 Å². The van der Waals surface area contributed by atoms with Crippen LogP contribution in [0.1, 0.15) is 31.0 Å². The number of nitrogens with zero attached hydrogens (tertiary/aromatic N) is 2. The summed E-state index contributed by atoms with van der Waals surface area (Å²) in [5.41, 5.74) is 4.37. The van der Waals surface area contributed by atoms with E-state index in [0.29, 0.717) is 30.1 Å². The molecule has 3 rings (SSSR count). The average Bonchev–Trinajstić information content (AvgIpc) is 2.92. The minimum atomic E-state index is 0.0569. The SMILES string of the molecule is CCCC(=O)NCC1=CC(c2c(C#N)c3ccc(Cl)cc3n2C)=CNC1. The largest absolute Gasteiger partial charge is 0.387 e. The number of carbonyl (C=O) groups is 1. The Kier molecular flexibility index (Phi) is 5.34. The van der Waals surface area contributed by atoms with Crippen LogP contribution in [0.3, 0.4) is 0 Å². The Balaban J connectivity index is 1.96. The molecule has 134 valence electrons. The highest BCUT2D eigenvalue weighted by Crippen LogP contribution is 2.32. The van der Waals surface area contributed by atoms with E-state index < -0.39 is 0 Å². The Morgan fingerprint density at radius 3 is 3.00 bits per heavy atom. The van der Waals surface area contributed by atoms with Crippen LogP contribution in [0.25, 0.3) is 16.5 Å². The predicted octanol–water partition coefficient (Wildman–Crippen LogP) is 3.49. The van der Waals surface area contributed by atoms with Crippen molar-refractivity contribution in [3.63, 3.8) is 0 Å². The smallest absolute Gasteiger partial charge is 0.220 e. The maximum atomic E-state index is 11.7. The minimum Gasteiger partial charge on any atom is -0.387 e. The molecule has 26 heavy (non-hydrogen) atoms. The van der Waals surface area contributed by atoms with E-state index >= 15 is 0 Å². The van der Waals surface area contributed by atoms with E-state index in [1.807, 2.05) is 42.9 Å². The van der Waals surface area contributed by atoms with Crippen LogP contribution in [0.15, 0.2) is 36.0 Å². The van der Waals surface area contributed by atoms with E-state index in [1.165, 1.54) is 0 Å². The molecule has 0 unspecified atom stereocenters. The molecule has 6 heteroatoms. The summed E-state index contributed by atoms with van der Waals surface area (Å²) in [6, 6.07) is 7.87. The Labute approximate surface area is 157 Å². The summed E-state index contributed by atoms with van der Waals surface area (Å²) in [5.74, 6) is 0.0569. The van der Waals surface area contributed by atoms with Crippen LogP contribution in [-0.2, 0) is 11.8 Å². The summed E-state index contributed by atoms with van der Waals surface area (Å²) in [6.45, 7) is 3.16. The highest BCUT2D eigenvalue weighted by atomic mass is 35.5. The number of amides is 1. The Bertz CT molecular complexity index is 962. The highest BCUT2D eigenvalue weighted by molar-refractivity contribution is 6.31. The first kappa shape index (κ1) is 18.1. The molecule has 1 aromatic carbocycles. The van der Waals surface area contributed by atoms with Crippen LogP contribution in [0.4, 0.5) is 0 Å². The summed E-state index contributed by atoms with van der Waals surface area (Å²) >= 11 is 6.13. The van der Waals surface area contributed by atoms with Gasteiger partial charge in [0.15, 0.2) is 0 Å². The van der Waals surface area contributed by atoms with Gasteiger partial charge in [0.05, 0.1) is 16.8 Å². The van der Waals surface area contributed by atoms with E-state index in [4.69, 9.17) is 11.6 Å². The molecule has 5 nitrogen and oxygen atoms in total. The molecule has 2 aromatic rings. The van der Waals surface area contributed by atoms with Gasteiger partial charge in [0.25, 0.3) is 0 Å². The Morgan fingerprint density at radius 2 is 2.27 bits per heavy atom. The van der Waals surface area contributed by atoms with Crippen molar-refractivity contribution < 1.29 is 4.79 Å². The lowest BCUT2D eigenvalue weighted by atomic mass is 10.0. The number of fused-ring (bicyclic) bond motifs is 1. The molecule has 1 amide bonds. The molecule has 0 bridgehead atoms. The molecule has 0 fully saturated rings. The molecule has 2 N–H and O–H groups in total. The fourth-order valence-corrected chi connectivity index (χ4v) is 3.41. The lowest BCUT2D eigenvalue weighted by molar-refractivity contribution is -0.120. The second kappa shape index (κ2) is 7.67. The first-order chi connectivity index (χ1) is 12.5. The number of hydrogen-bond donors (Lipinski definition) is 2. The van der Waals surface area contributed by atoms with E-state index in [0.717, 1.165) is 34.2 Å². The van der Waals surface area contributed by atoms with Crippen LogP contribution in [0, 0.1) is 11.3 Å². The van der Waals surface area contributed by atoms with Crippen LogP contribution in [0.5, 0.6) is 0 Å². The normalized spacial score (nSPS) is 13.6. The topological polar surface area (TPSA) is 69.8 Å². The van der Waals surface area contributed by atoms with Gasteiger partial charge in [-0.3, -0.25) is 4.79 Å². The molecular weight excluding hydrogens is 348 g/mol.